The summed E-state index contributed by atoms with van der Waals surface area (Å²) >= 11 is 0. The van der Waals surface area contributed by atoms with Gasteiger partial charge in [0.05, 0.1) is 5.56 Å². The van der Waals surface area contributed by atoms with E-state index in [9.17, 15) is 13.2 Å². The van der Waals surface area contributed by atoms with E-state index in [1.54, 1.807) is 0 Å². The summed E-state index contributed by atoms with van der Waals surface area (Å²) in [6.45, 7) is 7.50. The number of anilines is 2. The molecular formula is C13H22F3N5. The zero-order valence-corrected chi connectivity index (χ0v) is 12.3. The van der Waals surface area contributed by atoms with Crippen LogP contribution in [0.4, 0.5) is 24.8 Å². The maximum absolute atomic E-state index is 12.7. The summed E-state index contributed by atoms with van der Waals surface area (Å²) in [5.41, 5.74) is 1.37. The van der Waals surface area contributed by atoms with Crippen LogP contribution in [0.5, 0.6) is 0 Å². The summed E-state index contributed by atoms with van der Waals surface area (Å²) in [4.78, 5) is 6.21. The fourth-order valence-electron chi connectivity index (χ4n) is 1.92. The standard InChI is InChI=1S/C13H22F3N5/c1-3-21(4-2)7-5-6-18-11-8-10(13(14,15)16)9-12(19-11)20-17/h8-9H,3-7,17H2,1-2H3,(H2,18,19,20). The first-order chi connectivity index (χ1) is 9.90. The summed E-state index contributed by atoms with van der Waals surface area (Å²) in [7, 11) is 0. The summed E-state index contributed by atoms with van der Waals surface area (Å²) in [5, 5.41) is 2.90. The molecule has 1 aromatic rings. The molecule has 0 aliphatic rings. The number of nitrogen functional groups attached to an aromatic ring is 1. The molecule has 0 aliphatic carbocycles. The van der Waals surface area contributed by atoms with Crippen LogP contribution in [0.25, 0.3) is 0 Å². The number of hydrogen-bond donors (Lipinski definition) is 3. The van der Waals surface area contributed by atoms with Gasteiger partial charge in [-0.3, -0.25) is 0 Å². The van der Waals surface area contributed by atoms with E-state index >= 15 is 0 Å². The van der Waals surface area contributed by atoms with Crippen LogP contribution in [0, 0.1) is 0 Å². The van der Waals surface area contributed by atoms with E-state index in [1.807, 2.05) is 0 Å². The summed E-state index contributed by atoms with van der Waals surface area (Å²) < 4.78 is 38.2. The number of alkyl halides is 3. The van der Waals surface area contributed by atoms with E-state index in [2.05, 4.69) is 34.5 Å². The summed E-state index contributed by atoms with van der Waals surface area (Å²) in [6.07, 6.45) is -3.60. The van der Waals surface area contributed by atoms with Crippen LogP contribution in [0.2, 0.25) is 0 Å². The lowest BCUT2D eigenvalue weighted by molar-refractivity contribution is -0.137. The van der Waals surface area contributed by atoms with E-state index in [-0.39, 0.29) is 11.6 Å². The molecule has 4 N–H and O–H groups in total. The van der Waals surface area contributed by atoms with Crippen LogP contribution >= 0.6 is 0 Å². The van der Waals surface area contributed by atoms with Gasteiger partial charge in [0.15, 0.2) is 0 Å². The highest BCUT2D eigenvalue weighted by Gasteiger charge is 2.31. The van der Waals surface area contributed by atoms with Gasteiger partial charge in [0, 0.05) is 6.54 Å². The van der Waals surface area contributed by atoms with Crippen LogP contribution in [0.3, 0.4) is 0 Å². The average molecular weight is 305 g/mol. The molecule has 0 radical (unpaired) electrons. The van der Waals surface area contributed by atoms with Crippen LogP contribution in [-0.4, -0.2) is 36.1 Å². The first kappa shape index (κ1) is 17.5. The van der Waals surface area contributed by atoms with E-state index < -0.39 is 11.7 Å². The van der Waals surface area contributed by atoms with Crippen LogP contribution in [0.1, 0.15) is 25.8 Å². The third kappa shape index (κ3) is 5.76. The predicted molar refractivity (Wildman–Crippen MR) is 77.9 cm³/mol. The Hall–Kier alpha value is -1.54. The monoisotopic (exact) mass is 305 g/mol. The van der Waals surface area contributed by atoms with Crippen molar-refractivity contribution in [3.8, 4) is 0 Å². The highest BCUT2D eigenvalue weighted by Crippen LogP contribution is 2.31. The Labute approximate surface area is 122 Å². The first-order valence-electron chi connectivity index (χ1n) is 6.92. The number of nitrogens with two attached hydrogens (primary N) is 1. The van der Waals surface area contributed by atoms with Gasteiger partial charge in [-0.15, -0.1) is 0 Å². The largest absolute Gasteiger partial charge is 0.416 e. The number of halogens is 3. The third-order valence-electron chi connectivity index (χ3n) is 3.15. The highest BCUT2D eigenvalue weighted by molar-refractivity contribution is 5.49. The van der Waals surface area contributed by atoms with Gasteiger partial charge in [0.25, 0.3) is 0 Å². The fraction of sp³-hybridized carbons (Fsp3) is 0.615. The predicted octanol–water partition coefficient (Wildman–Crippen LogP) is 2.53. The Kier molecular flexibility index (Phi) is 6.70. The minimum atomic E-state index is -4.42. The number of nitrogens with zero attached hydrogens (tertiary/aromatic N) is 2. The van der Waals surface area contributed by atoms with Crippen molar-refractivity contribution in [2.24, 2.45) is 5.84 Å². The normalized spacial score (nSPS) is 11.8. The molecule has 0 unspecified atom stereocenters. The maximum atomic E-state index is 12.7. The number of nitrogens with one attached hydrogen (secondary N) is 2. The second kappa shape index (κ2) is 8.04. The first-order valence-corrected chi connectivity index (χ1v) is 6.92. The Bertz CT molecular complexity index is 432. The van der Waals surface area contributed by atoms with E-state index in [1.165, 1.54) is 0 Å². The molecule has 0 saturated carbocycles. The SMILES string of the molecule is CCN(CC)CCCNc1cc(C(F)(F)F)cc(NN)n1. The van der Waals surface area contributed by atoms with E-state index in [4.69, 9.17) is 5.84 Å². The zero-order valence-electron chi connectivity index (χ0n) is 12.3. The summed E-state index contributed by atoms with van der Waals surface area (Å²) in [6, 6.07) is 1.86. The van der Waals surface area contributed by atoms with Gasteiger partial charge >= 0.3 is 6.18 Å². The van der Waals surface area contributed by atoms with Gasteiger partial charge in [-0.2, -0.15) is 13.2 Å². The molecule has 120 valence electrons. The Balaban J connectivity index is 2.62. The maximum Gasteiger partial charge on any atom is 0.416 e. The van der Waals surface area contributed by atoms with Gasteiger partial charge < -0.3 is 15.6 Å². The summed E-state index contributed by atoms with van der Waals surface area (Å²) in [5.74, 6) is 5.29. The molecule has 0 aliphatic heterocycles. The van der Waals surface area contributed by atoms with E-state index in [0.29, 0.717) is 6.54 Å². The minimum absolute atomic E-state index is 0.0175. The van der Waals surface area contributed by atoms with Crippen LogP contribution < -0.4 is 16.6 Å². The van der Waals surface area contributed by atoms with Gasteiger partial charge in [0.2, 0.25) is 0 Å². The van der Waals surface area contributed by atoms with Crippen molar-refractivity contribution in [1.82, 2.24) is 9.88 Å². The quantitative estimate of drug-likeness (QED) is 0.391. The fourth-order valence-corrected chi connectivity index (χ4v) is 1.92. The highest BCUT2D eigenvalue weighted by atomic mass is 19.4. The second-order valence-corrected chi connectivity index (χ2v) is 4.58. The lowest BCUT2D eigenvalue weighted by atomic mass is 10.2. The van der Waals surface area contributed by atoms with Gasteiger partial charge in [-0.25, -0.2) is 10.8 Å². The molecule has 8 heteroatoms. The minimum Gasteiger partial charge on any atom is -0.370 e. The molecule has 0 amide bonds. The van der Waals surface area contributed by atoms with Crippen LogP contribution in [-0.2, 0) is 6.18 Å². The smallest absolute Gasteiger partial charge is 0.370 e. The van der Waals surface area contributed by atoms with Crippen molar-refractivity contribution in [2.45, 2.75) is 26.4 Å². The lowest BCUT2D eigenvalue weighted by Crippen LogP contribution is -2.25. The molecule has 5 nitrogen and oxygen atoms in total. The van der Waals surface area contributed by atoms with Crippen molar-refractivity contribution in [3.63, 3.8) is 0 Å². The Morgan fingerprint density at radius 2 is 1.81 bits per heavy atom. The zero-order chi connectivity index (χ0) is 15.9. The number of hydrogen-bond acceptors (Lipinski definition) is 5. The number of hydrazine groups is 1. The molecule has 1 heterocycles. The molecule has 0 bridgehead atoms. The Morgan fingerprint density at radius 3 is 2.33 bits per heavy atom. The Morgan fingerprint density at radius 1 is 1.19 bits per heavy atom. The van der Waals surface area contributed by atoms with Crippen molar-refractivity contribution in [2.75, 3.05) is 36.9 Å². The molecule has 0 saturated heterocycles. The molecule has 0 spiro atoms. The molecule has 0 atom stereocenters. The lowest BCUT2D eigenvalue weighted by Gasteiger charge is -2.18. The molecule has 0 fully saturated rings. The van der Waals surface area contributed by atoms with E-state index in [0.717, 1.165) is 38.2 Å². The van der Waals surface area contributed by atoms with Crippen molar-refractivity contribution >= 4 is 11.6 Å². The van der Waals surface area contributed by atoms with Gasteiger partial charge in [-0.1, -0.05) is 13.8 Å². The molecule has 1 aromatic heterocycles. The second-order valence-electron chi connectivity index (χ2n) is 4.58. The molecule has 0 aromatic carbocycles. The molecule has 21 heavy (non-hydrogen) atoms. The van der Waals surface area contributed by atoms with Crippen molar-refractivity contribution in [3.05, 3.63) is 17.7 Å². The van der Waals surface area contributed by atoms with Gasteiger partial charge in [0.1, 0.15) is 11.6 Å². The van der Waals surface area contributed by atoms with Gasteiger partial charge in [-0.05, 0) is 38.2 Å². The molecule has 1 rings (SSSR count). The molecular weight excluding hydrogens is 283 g/mol. The average Bonchev–Trinajstić information content (AvgIpc) is 2.46. The van der Waals surface area contributed by atoms with Crippen molar-refractivity contribution in [1.29, 1.82) is 0 Å². The number of rotatable bonds is 8. The topological polar surface area (TPSA) is 66.2 Å². The third-order valence-corrected chi connectivity index (χ3v) is 3.15. The number of aromatic nitrogens is 1. The number of pyridine rings is 1. The van der Waals surface area contributed by atoms with Crippen molar-refractivity contribution < 1.29 is 13.2 Å². The van der Waals surface area contributed by atoms with Crippen LogP contribution in [0.15, 0.2) is 12.1 Å².